The molecule has 3 rings (SSSR count). The van der Waals surface area contributed by atoms with E-state index in [0.717, 1.165) is 24.8 Å². The van der Waals surface area contributed by atoms with Gasteiger partial charge in [0.25, 0.3) is 0 Å². The Morgan fingerprint density at radius 3 is 2.19 bits per heavy atom. The zero-order chi connectivity index (χ0) is 19.7. The highest BCUT2D eigenvalue weighted by Crippen LogP contribution is 2.31. The number of hydrogen-bond acceptors (Lipinski definition) is 5. The molecule has 1 saturated carbocycles. The van der Waals surface area contributed by atoms with E-state index in [1.54, 1.807) is 12.1 Å². The molecule has 1 aliphatic rings. The number of para-hydroxylation sites is 1. The molecular formula is C19H23NO5S2. The summed E-state index contributed by atoms with van der Waals surface area (Å²) in [5.74, 6) is 0.441. The van der Waals surface area contributed by atoms with Gasteiger partial charge in [0.2, 0.25) is 10.0 Å². The van der Waals surface area contributed by atoms with E-state index in [4.69, 9.17) is 4.18 Å². The Balaban J connectivity index is 1.84. The molecule has 0 saturated heterocycles. The van der Waals surface area contributed by atoms with Gasteiger partial charge in [-0.3, -0.25) is 0 Å². The maximum atomic E-state index is 12.6. The van der Waals surface area contributed by atoms with Gasteiger partial charge in [-0.1, -0.05) is 32.0 Å². The maximum Gasteiger partial charge on any atom is 0.339 e. The number of benzene rings is 2. The Hall–Kier alpha value is -1.90. The monoisotopic (exact) mass is 409 g/mol. The quantitative estimate of drug-likeness (QED) is 0.675. The number of sulfonamides is 1. The third kappa shape index (κ3) is 4.69. The Morgan fingerprint density at radius 1 is 1.00 bits per heavy atom. The lowest BCUT2D eigenvalue weighted by Gasteiger charge is -2.15. The van der Waals surface area contributed by atoms with Gasteiger partial charge in [0.1, 0.15) is 10.6 Å². The van der Waals surface area contributed by atoms with Crippen LogP contribution in [0.2, 0.25) is 0 Å². The van der Waals surface area contributed by atoms with Crippen LogP contribution in [0.15, 0.2) is 58.3 Å². The fraction of sp³-hybridized carbons (Fsp3) is 0.368. The molecule has 0 amide bonds. The predicted octanol–water partition coefficient (Wildman–Crippen LogP) is 3.41. The minimum absolute atomic E-state index is 0.0150. The first-order valence-corrected chi connectivity index (χ1v) is 11.8. The zero-order valence-electron chi connectivity index (χ0n) is 15.3. The van der Waals surface area contributed by atoms with E-state index in [0.29, 0.717) is 5.75 Å². The highest BCUT2D eigenvalue weighted by Gasteiger charge is 2.28. The van der Waals surface area contributed by atoms with Crippen molar-refractivity contribution >= 4 is 20.1 Å². The van der Waals surface area contributed by atoms with Crippen molar-refractivity contribution in [2.45, 2.75) is 54.9 Å². The summed E-state index contributed by atoms with van der Waals surface area (Å²) in [5.41, 5.74) is 0.816. The normalized spacial score (nSPS) is 16.1. The summed E-state index contributed by atoms with van der Waals surface area (Å²) in [4.78, 5) is -0.0554. The van der Waals surface area contributed by atoms with E-state index in [1.165, 1.54) is 24.3 Å². The second-order valence-electron chi connectivity index (χ2n) is 6.75. The molecule has 146 valence electrons. The Bertz CT molecular complexity index is 1010. The molecular weight excluding hydrogens is 386 g/mol. The third-order valence-electron chi connectivity index (χ3n) is 4.58. The van der Waals surface area contributed by atoms with Gasteiger partial charge < -0.3 is 4.18 Å². The summed E-state index contributed by atoms with van der Waals surface area (Å²) in [7, 11) is -7.69. The van der Waals surface area contributed by atoms with Crippen molar-refractivity contribution in [3.05, 3.63) is 54.1 Å². The van der Waals surface area contributed by atoms with Crippen LogP contribution in [0.5, 0.6) is 5.75 Å². The Morgan fingerprint density at radius 2 is 1.59 bits per heavy atom. The molecule has 2 aromatic carbocycles. The average molecular weight is 410 g/mol. The standard InChI is InChI=1S/C19H23NO5S2/c1-3-14(2)18-6-4-5-7-19(18)25-27(23,24)17-12-10-16(11-13-17)26(21,22)20-15-8-9-15/h4-7,10-15,20H,3,8-9H2,1-2H3/t14-/m0/s1. The first-order valence-electron chi connectivity index (χ1n) is 8.89. The molecule has 0 spiro atoms. The second-order valence-corrected chi connectivity index (χ2v) is 10.0. The lowest BCUT2D eigenvalue weighted by Crippen LogP contribution is -2.25. The van der Waals surface area contributed by atoms with Crippen molar-refractivity contribution in [2.75, 3.05) is 0 Å². The lowest BCUT2D eigenvalue weighted by atomic mass is 9.98. The molecule has 0 radical (unpaired) electrons. The fourth-order valence-electron chi connectivity index (χ4n) is 2.62. The molecule has 0 aromatic heterocycles. The Kier molecular flexibility index (Phi) is 5.60. The summed E-state index contributed by atoms with van der Waals surface area (Å²) in [6, 6.07) is 12.1. The Labute approximate surface area is 160 Å². The molecule has 1 fully saturated rings. The second kappa shape index (κ2) is 7.61. The van der Waals surface area contributed by atoms with Gasteiger partial charge in [0, 0.05) is 6.04 Å². The summed E-state index contributed by atoms with van der Waals surface area (Å²) >= 11 is 0. The molecule has 8 heteroatoms. The molecule has 0 aliphatic heterocycles. The first-order chi connectivity index (χ1) is 12.7. The van der Waals surface area contributed by atoms with Crippen molar-refractivity contribution in [1.29, 1.82) is 0 Å². The van der Waals surface area contributed by atoms with Gasteiger partial charge >= 0.3 is 10.1 Å². The molecule has 0 unspecified atom stereocenters. The molecule has 2 aromatic rings. The first kappa shape index (κ1) is 19.9. The minimum atomic E-state index is -4.07. The molecule has 1 N–H and O–H groups in total. The van der Waals surface area contributed by atoms with Crippen molar-refractivity contribution in [3.63, 3.8) is 0 Å². The van der Waals surface area contributed by atoms with E-state index in [2.05, 4.69) is 4.72 Å². The van der Waals surface area contributed by atoms with E-state index in [1.807, 2.05) is 26.0 Å². The van der Waals surface area contributed by atoms with Crippen LogP contribution in [0, 0.1) is 0 Å². The molecule has 0 heterocycles. The molecule has 1 aliphatic carbocycles. The topological polar surface area (TPSA) is 89.5 Å². The largest absolute Gasteiger partial charge is 0.379 e. The smallest absolute Gasteiger partial charge is 0.339 e. The molecule has 27 heavy (non-hydrogen) atoms. The van der Waals surface area contributed by atoms with Crippen LogP contribution >= 0.6 is 0 Å². The molecule has 1 atom stereocenters. The summed E-state index contributed by atoms with van der Waals surface area (Å²) < 4.78 is 57.6. The van der Waals surface area contributed by atoms with Gasteiger partial charge in [0.15, 0.2) is 0 Å². The third-order valence-corrected chi connectivity index (χ3v) is 7.37. The van der Waals surface area contributed by atoms with Crippen molar-refractivity contribution in [3.8, 4) is 5.75 Å². The van der Waals surface area contributed by atoms with Crippen LogP contribution < -0.4 is 8.91 Å². The lowest BCUT2D eigenvalue weighted by molar-refractivity contribution is 0.479. The van der Waals surface area contributed by atoms with E-state index in [-0.39, 0.29) is 21.8 Å². The van der Waals surface area contributed by atoms with Crippen LogP contribution in [-0.2, 0) is 20.1 Å². The van der Waals surface area contributed by atoms with Gasteiger partial charge in [-0.05, 0) is 61.1 Å². The number of nitrogens with one attached hydrogen (secondary N) is 1. The van der Waals surface area contributed by atoms with E-state index >= 15 is 0 Å². The van der Waals surface area contributed by atoms with Gasteiger partial charge in [-0.2, -0.15) is 8.42 Å². The van der Waals surface area contributed by atoms with Crippen molar-refractivity contribution in [1.82, 2.24) is 4.72 Å². The zero-order valence-corrected chi connectivity index (χ0v) is 16.9. The number of hydrogen-bond donors (Lipinski definition) is 1. The van der Waals surface area contributed by atoms with Crippen molar-refractivity contribution < 1.29 is 21.0 Å². The van der Waals surface area contributed by atoms with E-state index in [9.17, 15) is 16.8 Å². The average Bonchev–Trinajstić information content (AvgIpc) is 3.44. The molecule has 6 nitrogen and oxygen atoms in total. The van der Waals surface area contributed by atoms with Crippen LogP contribution in [-0.4, -0.2) is 22.9 Å². The highest BCUT2D eigenvalue weighted by atomic mass is 32.2. The van der Waals surface area contributed by atoms with Gasteiger partial charge in [0.05, 0.1) is 4.90 Å². The SMILES string of the molecule is CC[C@H](C)c1ccccc1OS(=O)(=O)c1ccc(S(=O)(=O)NC2CC2)cc1. The van der Waals surface area contributed by atoms with Gasteiger partial charge in [-0.25, -0.2) is 13.1 Å². The molecule has 0 bridgehead atoms. The summed E-state index contributed by atoms with van der Waals surface area (Å²) in [6.45, 7) is 4.02. The maximum absolute atomic E-state index is 12.6. The minimum Gasteiger partial charge on any atom is -0.379 e. The van der Waals surface area contributed by atoms with Gasteiger partial charge in [-0.15, -0.1) is 0 Å². The summed E-state index contributed by atoms with van der Waals surface area (Å²) in [5, 5.41) is 0. The summed E-state index contributed by atoms with van der Waals surface area (Å²) in [6.07, 6.45) is 2.51. The fourth-order valence-corrected chi connectivity index (χ4v) is 4.88. The van der Waals surface area contributed by atoms with Crippen LogP contribution in [0.25, 0.3) is 0 Å². The predicted molar refractivity (Wildman–Crippen MR) is 103 cm³/mol. The number of rotatable bonds is 8. The van der Waals surface area contributed by atoms with Crippen LogP contribution in [0.3, 0.4) is 0 Å². The van der Waals surface area contributed by atoms with Crippen LogP contribution in [0.1, 0.15) is 44.6 Å². The van der Waals surface area contributed by atoms with Crippen LogP contribution in [0.4, 0.5) is 0 Å². The van der Waals surface area contributed by atoms with Crippen molar-refractivity contribution in [2.24, 2.45) is 0 Å². The van der Waals surface area contributed by atoms with E-state index < -0.39 is 20.1 Å². The highest BCUT2D eigenvalue weighted by molar-refractivity contribution is 7.89.